The van der Waals surface area contributed by atoms with Crippen LogP contribution in [0.1, 0.15) is 23.5 Å². The predicted molar refractivity (Wildman–Crippen MR) is 108 cm³/mol. The SMILES string of the molecule is COc1cc(NC(=O)CC(c2ccccc2)c2ccccc2)cc(OC)c1. The second-order valence-corrected chi connectivity index (χ2v) is 6.23. The fourth-order valence-electron chi connectivity index (χ4n) is 3.08. The van der Waals surface area contributed by atoms with Crippen molar-refractivity contribution in [2.75, 3.05) is 19.5 Å². The summed E-state index contributed by atoms with van der Waals surface area (Å²) in [7, 11) is 3.17. The number of methoxy groups -OCH3 is 2. The van der Waals surface area contributed by atoms with Gasteiger partial charge in [-0.1, -0.05) is 60.7 Å². The summed E-state index contributed by atoms with van der Waals surface area (Å²) in [5.74, 6) is 1.18. The second kappa shape index (κ2) is 8.90. The molecule has 4 nitrogen and oxygen atoms in total. The number of carbonyl (C=O) groups is 1. The molecular weight excluding hydrogens is 338 g/mol. The number of nitrogens with one attached hydrogen (secondary N) is 1. The van der Waals surface area contributed by atoms with Crippen molar-refractivity contribution in [2.45, 2.75) is 12.3 Å². The van der Waals surface area contributed by atoms with Crippen molar-refractivity contribution in [3.8, 4) is 11.5 Å². The van der Waals surface area contributed by atoms with Crippen molar-refractivity contribution < 1.29 is 14.3 Å². The molecule has 3 aromatic carbocycles. The average molecular weight is 361 g/mol. The molecule has 0 spiro atoms. The van der Waals surface area contributed by atoms with Gasteiger partial charge in [0.05, 0.1) is 14.2 Å². The number of rotatable bonds is 7. The second-order valence-electron chi connectivity index (χ2n) is 6.23. The number of carbonyl (C=O) groups excluding carboxylic acids is 1. The summed E-state index contributed by atoms with van der Waals surface area (Å²) >= 11 is 0. The van der Waals surface area contributed by atoms with Crippen LogP contribution < -0.4 is 14.8 Å². The smallest absolute Gasteiger partial charge is 0.225 e. The molecule has 1 amide bonds. The van der Waals surface area contributed by atoms with Gasteiger partial charge in [0.15, 0.2) is 0 Å². The fourth-order valence-corrected chi connectivity index (χ4v) is 3.08. The Bertz CT molecular complexity index is 817. The van der Waals surface area contributed by atoms with E-state index < -0.39 is 0 Å². The van der Waals surface area contributed by atoms with Gasteiger partial charge >= 0.3 is 0 Å². The van der Waals surface area contributed by atoms with E-state index in [1.165, 1.54) is 0 Å². The first kappa shape index (κ1) is 18.5. The lowest BCUT2D eigenvalue weighted by atomic mass is 9.88. The van der Waals surface area contributed by atoms with Crippen molar-refractivity contribution >= 4 is 11.6 Å². The molecule has 0 aliphatic carbocycles. The Balaban J connectivity index is 1.81. The molecule has 1 N–H and O–H groups in total. The quantitative estimate of drug-likeness (QED) is 0.653. The molecule has 3 aromatic rings. The van der Waals surface area contributed by atoms with Gasteiger partial charge in [-0.3, -0.25) is 4.79 Å². The van der Waals surface area contributed by atoms with E-state index in [-0.39, 0.29) is 11.8 Å². The summed E-state index contributed by atoms with van der Waals surface area (Å²) in [5, 5.41) is 2.96. The van der Waals surface area contributed by atoms with Crippen LogP contribution >= 0.6 is 0 Å². The number of hydrogen-bond donors (Lipinski definition) is 1. The maximum Gasteiger partial charge on any atom is 0.225 e. The van der Waals surface area contributed by atoms with E-state index in [1.54, 1.807) is 32.4 Å². The van der Waals surface area contributed by atoms with Gasteiger partial charge in [-0.25, -0.2) is 0 Å². The Morgan fingerprint density at radius 2 is 1.30 bits per heavy atom. The van der Waals surface area contributed by atoms with Gasteiger partial charge in [0, 0.05) is 36.2 Å². The number of hydrogen-bond acceptors (Lipinski definition) is 3. The number of ether oxygens (including phenoxy) is 2. The zero-order chi connectivity index (χ0) is 19.1. The molecule has 0 bridgehead atoms. The third kappa shape index (κ3) is 4.88. The Morgan fingerprint density at radius 3 is 1.74 bits per heavy atom. The van der Waals surface area contributed by atoms with E-state index in [0.29, 0.717) is 23.6 Å². The topological polar surface area (TPSA) is 47.6 Å². The molecule has 0 saturated carbocycles. The molecule has 0 radical (unpaired) electrons. The summed E-state index contributed by atoms with van der Waals surface area (Å²) < 4.78 is 10.5. The number of benzene rings is 3. The van der Waals surface area contributed by atoms with Crippen LogP contribution in [0.2, 0.25) is 0 Å². The van der Waals surface area contributed by atoms with Gasteiger partial charge in [0.1, 0.15) is 11.5 Å². The number of anilines is 1. The molecule has 0 aliphatic heterocycles. The monoisotopic (exact) mass is 361 g/mol. The van der Waals surface area contributed by atoms with Crippen LogP contribution in [-0.4, -0.2) is 20.1 Å². The lowest BCUT2D eigenvalue weighted by Gasteiger charge is -2.18. The molecule has 0 aromatic heterocycles. The first-order valence-corrected chi connectivity index (χ1v) is 8.82. The van der Waals surface area contributed by atoms with Gasteiger partial charge in [-0.05, 0) is 11.1 Å². The van der Waals surface area contributed by atoms with E-state index in [2.05, 4.69) is 29.6 Å². The maximum absolute atomic E-state index is 12.8. The van der Waals surface area contributed by atoms with Gasteiger partial charge in [0.2, 0.25) is 5.91 Å². The predicted octanol–water partition coefficient (Wildman–Crippen LogP) is 4.86. The van der Waals surface area contributed by atoms with Crippen LogP contribution in [0.3, 0.4) is 0 Å². The molecule has 0 saturated heterocycles. The van der Waals surface area contributed by atoms with Gasteiger partial charge in [-0.15, -0.1) is 0 Å². The van der Waals surface area contributed by atoms with Gasteiger partial charge in [0.25, 0.3) is 0 Å². The average Bonchev–Trinajstić information content (AvgIpc) is 2.73. The van der Waals surface area contributed by atoms with E-state index in [4.69, 9.17) is 9.47 Å². The van der Waals surface area contributed by atoms with Gasteiger partial charge in [-0.2, -0.15) is 0 Å². The Kier molecular flexibility index (Phi) is 6.10. The standard InChI is InChI=1S/C23H23NO3/c1-26-20-13-19(14-21(15-20)27-2)24-23(25)16-22(17-9-5-3-6-10-17)18-11-7-4-8-12-18/h3-15,22H,16H2,1-2H3,(H,24,25). The van der Waals surface area contributed by atoms with Crippen LogP contribution in [0, 0.1) is 0 Å². The van der Waals surface area contributed by atoms with E-state index in [1.807, 2.05) is 36.4 Å². The minimum atomic E-state index is -0.0667. The maximum atomic E-state index is 12.8. The largest absolute Gasteiger partial charge is 0.497 e. The minimum absolute atomic E-state index is 0.0140. The van der Waals surface area contributed by atoms with Gasteiger partial charge < -0.3 is 14.8 Å². The van der Waals surface area contributed by atoms with Crippen molar-refractivity contribution in [1.82, 2.24) is 0 Å². The van der Waals surface area contributed by atoms with Crippen molar-refractivity contribution in [3.05, 3.63) is 90.0 Å². The molecular formula is C23H23NO3. The van der Waals surface area contributed by atoms with E-state index in [9.17, 15) is 4.79 Å². The summed E-state index contributed by atoms with van der Waals surface area (Å²) in [4.78, 5) is 12.8. The lowest BCUT2D eigenvalue weighted by Crippen LogP contribution is -2.16. The van der Waals surface area contributed by atoms with Crippen LogP contribution in [0.4, 0.5) is 5.69 Å². The van der Waals surface area contributed by atoms with Crippen LogP contribution in [0.15, 0.2) is 78.9 Å². The minimum Gasteiger partial charge on any atom is -0.497 e. The zero-order valence-electron chi connectivity index (χ0n) is 15.5. The highest BCUT2D eigenvalue weighted by atomic mass is 16.5. The lowest BCUT2D eigenvalue weighted by molar-refractivity contribution is -0.116. The van der Waals surface area contributed by atoms with Crippen LogP contribution in [-0.2, 0) is 4.79 Å². The molecule has 0 atom stereocenters. The normalized spacial score (nSPS) is 10.5. The zero-order valence-corrected chi connectivity index (χ0v) is 15.5. The molecule has 0 aliphatic rings. The highest BCUT2D eigenvalue weighted by molar-refractivity contribution is 5.92. The Morgan fingerprint density at radius 1 is 0.815 bits per heavy atom. The van der Waals surface area contributed by atoms with Crippen LogP contribution in [0.25, 0.3) is 0 Å². The highest BCUT2D eigenvalue weighted by Crippen LogP contribution is 2.30. The first-order valence-electron chi connectivity index (χ1n) is 8.82. The fraction of sp³-hybridized carbons (Fsp3) is 0.174. The van der Waals surface area contributed by atoms with Crippen LogP contribution in [0.5, 0.6) is 11.5 Å². The van der Waals surface area contributed by atoms with E-state index >= 15 is 0 Å². The summed E-state index contributed by atoms with van der Waals surface area (Å²) in [6.45, 7) is 0. The molecule has 0 heterocycles. The molecule has 3 rings (SSSR count). The summed E-state index contributed by atoms with van der Waals surface area (Å²) in [5.41, 5.74) is 2.88. The summed E-state index contributed by atoms with van der Waals surface area (Å²) in [6, 6.07) is 25.5. The van der Waals surface area contributed by atoms with Crippen molar-refractivity contribution in [3.63, 3.8) is 0 Å². The third-order valence-corrected chi connectivity index (χ3v) is 4.43. The Labute approximate surface area is 159 Å². The molecule has 138 valence electrons. The van der Waals surface area contributed by atoms with E-state index in [0.717, 1.165) is 11.1 Å². The Hall–Kier alpha value is -3.27. The molecule has 27 heavy (non-hydrogen) atoms. The summed E-state index contributed by atoms with van der Waals surface area (Å²) in [6.07, 6.45) is 0.341. The van der Waals surface area contributed by atoms with Crippen molar-refractivity contribution in [1.29, 1.82) is 0 Å². The number of amides is 1. The molecule has 0 unspecified atom stereocenters. The molecule has 4 heteroatoms. The van der Waals surface area contributed by atoms with Crippen molar-refractivity contribution in [2.24, 2.45) is 0 Å². The highest BCUT2D eigenvalue weighted by Gasteiger charge is 2.18. The molecule has 0 fully saturated rings. The first-order chi connectivity index (χ1) is 13.2. The third-order valence-electron chi connectivity index (χ3n) is 4.43.